The Morgan fingerprint density at radius 3 is 2.69 bits per heavy atom. The fraction of sp³-hybridized carbons (Fsp3) is 0.900. The minimum absolute atomic E-state index is 0.168. The van der Waals surface area contributed by atoms with Crippen LogP contribution in [0, 0.1) is 0 Å². The van der Waals surface area contributed by atoms with Gasteiger partial charge in [0, 0.05) is 24.9 Å². The summed E-state index contributed by atoms with van der Waals surface area (Å²) < 4.78 is 0. The van der Waals surface area contributed by atoms with E-state index >= 15 is 0 Å². The van der Waals surface area contributed by atoms with Gasteiger partial charge in [-0.1, -0.05) is 0 Å². The first-order valence-corrected chi connectivity index (χ1v) is 5.16. The van der Waals surface area contributed by atoms with Crippen molar-refractivity contribution in [3.63, 3.8) is 0 Å². The van der Waals surface area contributed by atoms with Gasteiger partial charge in [0.05, 0.1) is 0 Å². The van der Waals surface area contributed by atoms with Crippen molar-refractivity contribution in [1.29, 1.82) is 0 Å². The number of likely N-dealkylation sites (tertiary alicyclic amines) is 1. The van der Waals surface area contributed by atoms with Gasteiger partial charge in [0.25, 0.3) is 0 Å². The Balaban J connectivity index is 1.99. The first kappa shape index (κ1) is 9.16. The lowest BCUT2D eigenvalue weighted by atomic mass is 9.80. The Kier molecular flexibility index (Phi) is 2.39. The highest BCUT2D eigenvalue weighted by Gasteiger charge is 2.37. The summed E-state index contributed by atoms with van der Waals surface area (Å²) in [5.74, 6) is 0.448. The molecule has 0 amide bonds. The number of nitrogens with zero attached hydrogens (tertiary/aromatic N) is 1. The molecule has 2 heterocycles. The molecule has 1 N–H and O–H groups in total. The Labute approximate surface area is 79.5 Å². The Hall–Kier alpha value is -0.410. The number of ketones is 1. The van der Waals surface area contributed by atoms with Gasteiger partial charge in [-0.05, 0) is 33.0 Å². The van der Waals surface area contributed by atoms with Gasteiger partial charge in [0.1, 0.15) is 5.78 Å². The summed E-state index contributed by atoms with van der Waals surface area (Å²) >= 11 is 0. The van der Waals surface area contributed by atoms with Crippen molar-refractivity contribution in [2.24, 2.45) is 0 Å². The molecular weight excluding hydrogens is 164 g/mol. The van der Waals surface area contributed by atoms with E-state index < -0.39 is 0 Å². The van der Waals surface area contributed by atoms with E-state index in [0.29, 0.717) is 5.78 Å². The topological polar surface area (TPSA) is 32.3 Å². The van der Waals surface area contributed by atoms with E-state index in [1.54, 1.807) is 0 Å². The average Bonchev–Trinajstić information content (AvgIpc) is 2.11. The summed E-state index contributed by atoms with van der Waals surface area (Å²) in [6.07, 6.45) is 3.77. The molecular formula is C10H18N2O. The number of Topliss-reactive ketones (excluding diaryl/α,β-unsaturated/α-hetero) is 1. The molecule has 0 aromatic rings. The molecule has 2 rings (SSSR count). The SMILES string of the molecule is CN1CCC2(CC1)CC(=O)CCN2. The standard InChI is InChI=1S/C10H18N2O/c1-12-6-3-10(4-7-12)8-9(13)2-5-11-10/h11H,2-8H2,1H3. The summed E-state index contributed by atoms with van der Waals surface area (Å²) in [5.41, 5.74) is 0.168. The maximum Gasteiger partial charge on any atom is 0.136 e. The monoisotopic (exact) mass is 182 g/mol. The zero-order valence-electron chi connectivity index (χ0n) is 8.31. The van der Waals surface area contributed by atoms with Crippen LogP contribution in [0.4, 0.5) is 0 Å². The molecule has 0 aromatic heterocycles. The van der Waals surface area contributed by atoms with Gasteiger partial charge in [0.2, 0.25) is 0 Å². The third-order valence-corrected chi connectivity index (χ3v) is 3.38. The maximum absolute atomic E-state index is 11.4. The van der Waals surface area contributed by atoms with Gasteiger partial charge >= 0.3 is 0 Å². The molecule has 3 heteroatoms. The first-order chi connectivity index (χ1) is 6.20. The van der Waals surface area contributed by atoms with Gasteiger partial charge in [-0.3, -0.25) is 4.79 Å². The van der Waals surface area contributed by atoms with Gasteiger partial charge in [-0.2, -0.15) is 0 Å². The molecule has 2 aliphatic heterocycles. The summed E-state index contributed by atoms with van der Waals surface area (Å²) in [5, 5.41) is 3.54. The van der Waals surface area contributed by atoms with Crippen LogP contribution < -0.4 is 5.32 Å². The molecule has 2 aliphatic rings. The minimum atomic E-state index is 0.168. The van der Waals surface area contributed by atoms with Gasteiger partial charge in [-0.15, -0.1) is 0 Å². The zero-order chi connectivity index (χ0) is 9.31. The summed E-state index contributed by atoms with van der Waals surface area (Å²) in [6, 6.07) is 0. The molecule has 2 saturated heterocycles. The molecule has 1 spiro atoms. The fourth-order valence-electron chi connectivity index (χ4n) is 2.40. The van der Waals surface area contributed by atoms with Gasteiger partial charge in [0.15, 0.2) is 0 Å². The normalized spacial score (nSPS) is 29.5. The molecule has 0 bridgehead atoms. The number of rotatable bonds is 0. The zero-order valence-corrected chi connectivity index (χ0v) is 8.31. The van der Waals surface area contributed by atoms with Crippen molar-refractivity contribution in [2.45, 2.75) is 31.2 Å². The van der Waals surface area contributed by atoms with Crippen LogP contribution in [0.25, 0.3) is 0 Å². The van der Waals surface area contributed by atoms with Crippen LogP contribution in [0.5, 0.6) is 0 Å². The molecule has 74 valence electrons. The molecule has 0 saturated carbocycles. The molecule has 13 heavy (non-hydrogen) atoms. The quantitative estimate of drug-likeness (QED) is 0.588. The molecule has 0 aromatic carbocycles. The van der Waals surface area contributed by atoms with E-state index in [9.17, 15) is 4.79 Å². The van der Waals surface area contributed by atoms with E-state index in [1.807, 2.05) is 0 Å². The molecule has 0 aliphatic carbocycles. The largest absolute Gasteiger partial charge is 0.310 e. The van der Waals surface area contributed by atoms with Crippen LogP contribution in [0.3, 0.4) is 0 Å². The van der Waals surface area contributed by atoms with E-state index in [0.717, 1.165) is 45.3 Å². The van der Waals surface area contributed by atoms with E-state index in [2.05, 4.69) is 17.3 Å². The van der Waals surface area contributed by atoms with Crippen LogP contribution >= 0.6 is 0 Å². The second kappa shape index (κ2) is 3.39. The van der Waals surface area contributed by atoms with Crippen LogP contribution in [0.1, 0.15) is 25.7 Å². The number of carbonyl (C=O) groups is 1. The highest BCUT2D eigenvalue weighted by atomic mass is 16.1. The molecule has 0 unspecified atom stereocenters. The van der Waals surface area contributed by atoms with Crippen molar-refractivity contribution in [2.75, 3.05) is 26.7 Å². The van der Waals surface area contributed by atoms with Crippen LogP contribution in [0.15, 0.2) is 0 Å². The lowest BCUT2D eigenvalue weighted by molar-refractivity contribution is -0.122. The number of nitrogens with one attached hydrogen (secondary N) is 1. The number of carbonyl (C=O) groups excluding carboxylic acids is 1. The third-order valence-electron chi connectivity index (χ3n) is 3.38. The van der Waals surface area contributed by atoms with Crippen molar-refractivity contribution in [1.82, 2.24) is 10.2 Å². The second-order valence-corrected chi connectivity index (χ2v) is 4.48. The lowest BCUT2D eigenvalue weighted by Gasteiger charge is -2.43. The molecule has 3 nitrogen and oxygen atoms in total. The maximum atomic E-state index is 11.4. The Bertz CT molecular complexity index is 207. The summed E-state index contributed by atoms with van der Waals surface area (Å²) in [7, 11) is 2.15. The average molecular weight is 182 g/mol. The van der Waals surface area contributed by atoms with Crippen molar-refractivity contribution < 1.29 is 4.79 Å². The fourth-order valence-corrected chi connectivity index (χ4v) is 2.40. The lowest BCUT2D eigenvalue weighted by Crippen LogP contribution is -2.56. The van der Waals surface area contributed by atoms with Crippen LogP contribution in [-0.4, -0.2) is 42.9 Å². The van der Waals surface area contributed by atoms with E-state index in [1.165, 1.54) is 0 Å². The summed E-state index contributed by atoms with van der Waals surface area (Å²) in [6.45, 7) is 3.14. The second-order valence-electron chi connectivity index (χ2n) is 4.48. The highest BCUT2D eigenvalue weighted by Crippen LogP contribution is 2.28. The van der Waals surface area contributed by atoms with E-state index in [-0.39, 0.29) is 5.54 Å². The molecule has 0 radical (unpaired) electrons. The number of piperidine rings is 2. The predicted octanol–water partition coefficient (Wildman–Crippen LogP) is 0.403. The van der Waals surface area contributed by atoms with Crippen molar-refractivity contribution >= 4 is 5.78 Å². The first-order valence-electron chi connectivity index (χ1n) is 5.16. The smallest absolute Gasteiger partial charge is 0.136 e. The van der Waals surface area contributed by atoms with Crippen molar-refractivity contribution in [3.05, 3.63) is 0 Å². The van der Waals surface area contributed by atoms with Crippen LogP contribution in [0.2, 0.25) is 0 Å². The van der Waals surface area contributed by atoms with Crippen molar-refractivity contribution in [3.8, 4) is 0 Å². The molecule has 0 atom stereocenters. The van der Waals surface area contributed by atoms with Gasteiger partial charge in [-0.25, -0.2) is 0 Å². The third kappa shape index (κ3) is 1.92. The van der Waals surface area contributed by atoms with Gasteiger partial charge < -0.3 is 10.2 Å². The van der Waals surface area contributed by atoms with Crippen LogP contribution in [-0.2, 0) is 4.79 Å². The minimum Gasteiger partial charge on any atom is -0.310 e. The number of hydrogen-bond acceptors (Lipinski definition) is 3. The Morgan fingerprint density at radius 2 is 2.08 bits per heavy atom. The Morgan fingerprint density at radius 1 is 1.38 bits per heavy atom. The summed E-state index contributed by atoms with van der Waals surface area (Å²) in [4.78, 5) is 13.7. The highest BCUT2D eigenvalue weighted by molar-refractivity contribution is 5.80. The molecule has 2 fully saturated rings. The van der Waals surface area contributed by atoms with E-state index in [4.69, 9.17) is 0 Å². The predicted molar refractivity (Wildman–Crippen MR) is 51.7 cm³/mol. The number of hydrogen-bond donors (Lipinski definition) is 1.